The summed E-state index contributed by atoms with van der Waals surface area (Å²) in [7, 11) is 0. The van der Waals surface area contributed by atoms with E-state index in [0.717, 1.165) is 75.4 Å². The molecule has 0 bridgehead atoms. The number of hydrogen-bond acceptors (Lipinski definition) is 4. The normalized spacial score (nSPS) is 16.3. The Morgan fingerprint density at radius 2 is 1.43 bits per heavy atom. The summed E-state index contributed by atoms with van der Waals surface area (Å²) in [5.74, 6) is 0. The van der Waals surface area contributed by atoms with Crippen molar-refractivity contribution in [2.24, 2.45) is 0 Å². The molecule has 4 heteroatoms. The lowest BCUT2D eigenvalue weighted by Crippen LogP contribution is -2.32. The molecule has 3 aliphatic rings. The number of allylic oxidation sites excluding steroid dienone is 8. The van der Waals surface area contributed by atoms with Crippen molar-refractivity contribution in [1.82, 2.24) is 20.6 Å². The molecule has 2 N–H and O–H groups in total. The number of aromatic nitrogens is 2. The average molecular weight is 571 g/mol. The maximum Gasteiger partial charge on any atom is 0.115 e. The van der Waals surface area contributed by atoms with E-state index in [4.69, 9.17) is 0 Å². The van der Waals surface area contributed by atoms with E-state index in [1.165, 1.54) is 21.9 Å². The van der Waals surface area contributed by atoms with Crippen LogP contribution in [0.25, 0.3) is 45.3 Å². The molecule has 4 aromatic rings. The molecule has 4 nitrogen and oxygen atoms in total. The smallest absolute Gasteiger partial charge is 0.115 e. The van der Waals surface area contributed by atoms with Crippen LogP contribution in [-0.4, -0.2) is 9.97 Å². The molecule has 0 saturated carbocycles. The highest BCUT2D eigenvalue weighted by Crippen LogP contribution is 2.43. The Hall–Kier alpha value is -5.48. The predicted octanol–water partition coefficient (Wildman–Crippen LogP) is 9.37. The van der Waals surface area contributed by atoms with Crippen molar-refractivity contribution in [2.75, 3.05) is 0 Å². The van der Waals surface area contributed by atoms with E-state index in [1.54, 1.807) is 6.33 Å². The summed E-state index contributed by atoms with van der Waals surface area (Å²) in [6.45, 7) is 6.36. The van der Waals surface area contributed by atoms with Crippen molar-refractivity contribution in [2.45, 2.75) is 26.2 Å². The Kier molecular flexibility index (Phi) is 7.47. The van der Waals surface area contributed by atoms with Gasteiger partial charge in [0.1, 0.15) is 6.33 Å². The van der Waals surface area contributed by atoms with Crippen LogP contribution in [-0.2, 0) is 0 Å². The van der Waals surface area contributed by atoms with Crippen LogP contribution in [0.15, 0.2) is 145 Å². The SMILES string of the molecule is C=Cc1c(/C=C\C)c(-c2cncnc2)c2ccccc2c1C1=CC=C(C2=C(c3ccccc3)NC3=CCCC=C3N2)C=CC1. The Balaban J connectivity index is 1.43. The molecule has 3 aromatic carbocycles. The molecule has 0 saturated heterocycles. The van der Waals surface area contributed by atoms with Crippen molar-refractivity contribution in [3.8, 4) is 11.1 Å². The number of nitrogens with zero attached hydrogens (tertiary/aromatic N) is 2. The van der Waals surface area contributed by atoms with Gasteiger partial charge in [0.2, 0.25) is 0 Å². The average Bonchev–Trinajstić information content (AvgIpc) is 3.34. The van der Waals surface area contributed by atoms with Crippen molar-refractivity contribution >= 4 is 34.2 Å². The quantitative estimate of drug-likeness (QED) is 0.242. The standard InChI is InChI=1S/C40H34N4/c1-3-13-32-31(4-2)37(33-18-8-9-19-34(33)38(32)30-24-41-26-42-25-30)27-16-12-17-29(23-22-27)40-39(28-14-6-5-7-15-28)43-35-20-10-11-21-36(35)44-40/h3-9,12-15,17-26,43-44H,2,10-11,16H2,1H3/b13-3-. The summed E-state index contributed by atoms with van der Waals surface area (Å²) < 4.78 is 0. The second-order valence-corrected chi connectivity index (χ2v) is 11.1. The minimum atomic E-state index is 0.795. The second kappa shape index (κ2) is 12.0. The zero-order valence-electron chi connectivity index (χ0n) is 24.8. The first-order chi connectivity index (χ1) is 21.8. The second-order valence-electron chi connectivity index (χ2n) is 11.1. The van der Waals surface area contributed by atoms with E-state index >= 15 is 0 Å². The molecule has 1 aliphatic heterocycles. The van der Waals surface area contributed by atoms with E-state index in [0.29, 0.717) is 0 Å². The van der Waals surface area contributed by atoms with E-state index < -0.39 is 0 Å². The molecule has 44 heavy (non-hydrogen) atoms. The third-order valence-electron chi connectivity index (χ3n) is 8.38. The minimum absolute atomic E-state index is 0.795. The minimum Gasteiger partial charge on any atom is -0.352 e. The number of nitrogens with one attached hydrogen (secondary N) is 2. The van der Waals surface area contributed by atoms with Crippen molar-refractivity contribution < 1.29 is 0 Å². The summed E-state index contributed by atoms with van der Waals surface area (Å²) in [4.78, 5) is 8.69. The molecule has 0 amide bonds. The van der Waals surface area contributed by atoms with Gasteiger partial charge < -0.3 is 10.6 Å². The van der Waals surface area contributed by atoms with Crippen LogP contribution in [0.5, 0.6) is 0 Å². The molecule has 0 unspecified atom stereocenters. The Morgan fingerprint density at radius 1 is 0.750 bits per heavy atom. The van der Waals surface area contributed by atoms with Crippen LogP contribution in [0.3, 0.4) is 0 Å². The fourth-order valence-electron chi connectivity index (χ4n) is 6.44. The Morgan fingerprint density at radius 3 is 2.14 bits per heavy atom. The Labute approximate surface area is 259 Å². The molecular formula is C40H34N4. The predicted molar refractivity (Wildman–Crippen MR) is 185 cm³/mol. The first-order valence-electron chi connectivity index (χ1n) is 15.2. The van der Waals surface area contributed by atoms with Gasteiger partial charge in [-0.2, -0.15) is 0 Å². The van der Waals surface area contributed by atoms with Gasteiger partial charge in [-0.1, -0.05) is 116 Å². The molecule has 2 heterocycles. The molecule has 0 spiro atoms. The summed E-state index contributed by atoms with van der Waals surface area (Å²) >= 11 is 0. The van der Waals surface area contributed by atoms with Gasteiger partial charge >= 0.3 is 0 Å². The van der Waals surface area contributed by atoms with Crippen LogP contribution in [0.4, 0.5) is 0 Å². The molecule has 0 radical (unpaired) electrons. The fraction of sp³-hybridized carbons (Fsp3) is 0.100. The van der Waals surface area contributed by atoms with Gasteiger partial charge in [-0.15, -0.1) is 0 Å². The molecule has 214 valence electrons. The van der Waals surface area contributed by atoms with Crippen LogP contribution in [0.2, 0.25) is 0 Å². The van der Waals surface area contributed by atoms with Gasteiger partial charge in [0.15, 0.2) is 0 Å². The zero-order valence-corrected chi connectivity index (χ0v) is 24.8. The summed E-state index contributed by atoms with van der Waals surface area (Å²) in [5, 5.41) is 9.90. The molecule has 0 atom stereocenters. The van der Waals surface area contributed by atoms with Gasteiger partial charge in [-0.05, 0) is 64.8 Å². The lowest BCUT2D eigenvalue weighted by Gasteiger charge is -2.30. The van der Waals surface area contributed by atoms with Gasteiger partial charge in [-0.25, -0.2) is 9.97 Å². The molecular weight excluding hydrogens is 536 g/mol. The molecule has 1 aromatic heterocycles. The van der Waals surface area contributed by atoms with Crippen LogP contribution >= 0.6 is 0 Å². The third kappa shape index (κ3) is 4.95. The van der Waals surface area contributed by atoms with Crippen molar-refractivity contribution in [3.63, 3.8) is 0 Å². The van der Waals surface area contributed by atoms with Gasteiger partial charge in [0.25, 0.3) is 0 Å². The lowest BCUT2D eigenvalue weighted by molar-refractivity contribution is 0.832. The van der Waals surface area contributed by atoms with E-state index in [1.807, 2.05) is 18.5 Å². The first kappa shape index (κ1) is 27.4. The van der Waals surface area contributed by atoms with Gasteiger partial charge in [0, 0.05) is 29.1 Å². The Bertz CT molecular complexity index is 1980. The number of rotatable bonds is 6. The highest BCUT2D eigenvalue weighted by atomic mass is 15.1. The number of hydrogen-bond donors (Lipinski definition) is 2. The summed E-state index contributed by atoms with van der Waals surface area (Å²) in [5.41, 5.74) is 13.5. The number of benzene rings is 3. The largest absolute Gasteiger partial charge is 0.352 e. The maximum absolute atomic E-state index is 4.34. The van der Waals surface area contributed by atoms with Crippen LogP contribution in [0, 0.1) is 0 Å². The number of fused-ring (bicyclic) bond motifs is 2. The van der Waals surface area contributed by atoms with E-state index in [9.17, 15) is 0 Å². The van der Waals surface area contributed by atoms with Gasteiger partial charge in [0.05, 0.1) is 22.8 Å². The topological polar surface area (TPSA) is 49.8 Å². The van der Waals surface area contributed by atoms with E-state index in [-0.39, 0.29) is 0 Å². The van der Waals surface area contributed by atoms with Crippen LogP contribution < -0.4 is 10.6 Å². The highest BCUT2D eigenvalue weighted by Gasteiger charge is 2.24. The van der Waals surface area contributed by atoms with E-state index in [2.05, 4.69) is 137 Å². The maximum atomic E-state index is 4.34. The molecule has 0 fully saturated rings. The zero-order chi connectivity index (χ0) is 29.9. The monoisotopic (exact) mass is 570 g/mol. The molecule has 2 aliphatic carbocycles. The van der Waals surface area contributed by atoms with Crippen molar-refractivity contribution in [1.29, 1.82) is 0 Å². The first-order valence-corrected chi connectivity index (χ1v) is 15.2. The van der Waals surface area contributed by atoms with Crippen LogP contribution in [0.1, 0.15) is 48.4 Å². The molecule has 7 rings (SSSR count). The summed E-state index contributed by atoms with van der Waals surface area (Å²) in [6, 6.07) is 19.2. The fourth-order valence-corrected chi connectivity index (χ4v) is 6.44. The highest BCUT2D eigenvalue weighted by molar-refractivity contribution is 6.09. The third-order valence-corrected chi connectivity index (χ3v) is 8.38. The lowest BCUT2D eigenvalue weighted by atomic mass is 9.83. The van der Waals surface area contributed by atoms with Gasteiger partial charge in [-0.3, -0.25) is 0 Å². The van der Waals surface area contributed by atoms with Crippen molar-refractivity contribution in [3.05, 3.63) is 167 Å². The summed E-state index contributed by atoms with van der Waals surface area (Å²) in [6.07, 6.45) is 28.1.